The summed E-state index contributed by atoms with van der Waals surface area (Å²) in [6, 6.07) is 0. The van der Waals surface area contributed by atoms with Crippen LogP contribution in [0.25, 0.3) is 0 Å². The summed E-state index contributed by atoms with van der Waals surface area (Å²) in [7, 11) is 0. The van der Waals surface area contributed by atoms with E-state index in [-0.39, 0.29) is 11.8 Å². The van der Waals surface area contributed by atoms with Crippen molar-refractivity contribution in [2.45, 2.75) is 45.2 Å². The van der Waals surface area contributed by atoms with E-state index in [1.807, 2.05) is 20.8 Å². The molecule has 5 heteroatoms. The van der Waals surface area contributed by atoms with Crippen LogP contribution in [0.5, 0.6) is 0 Å². The van der Waals surface area contributed by atoms with Crippen LogP contribution < -0.4 is 0 Å². The fourth-order valence-corrected chi connectivity index (χ4v) is 1.13. The molecular weight excluding hydrogens is 205 g/mol. The van der Waals surface area contributed by atoms with E-state index in [1.165, 1.54) is 0 Å². The molecule has 1 heterocycles. The van der Waals surface area contributed by atoms with Crippen molar-refractivity contribution >= 4 is 0 Å². The standard InChI is InChI=1S/C10H15F3N2/c1-9(2,3)7-6-14-8(15-7)4-5-10(11,12)13/h6H,4-5H2,1-3H3,(H,14,15). The van der Waals surface area contributed by atoms with Crippen LogP contribution in [0.3, 0.4) is 0 Å². The van der Waals surface area contributed by atoms with Gasteiger partial charge in [0.1, 0.15) is 5.82 Å². The highest BCUT2D eigenvalue weighted by atomic mass is 19.4. The van der Waals surface area contributed by atoms with Crippen LogP contribution in [-0.2, 0) is 11.8 Å². The lowest BCUT2D eigenvalue weighted by Crippen LogP contribution is -2.12. The van der Waals surface area contributed by atoms with Gasteiger partial charge in [0.2, 0.25) is 0 Å². The SMILES string of the molecule is CC(C)(C)c1cnc(CCC(F)(F)F)[nH]1. The highest BCUT2D eigenvalue weighted by Crippen LogP contribution is 2.23. The fraction of sp³-hybridized carbons (Fsp3) is 0.700. The fourth-order valence-electron chi connectivity index (χ4n) is 1.13. The van der Waals surface area contributed by atoms with Gasteiger partial charge in [-0.2, -0.15) is 13.2 Å². The number of nitrogens with zero attached hydrogens (tertiary/aromatic N) is 1. The van der Waals surface area contributed by atoms with E-state index in [1.54, 1.807) is 6.20 Å². The maximum atomic E-state index is 11.9. The predicted octanol–water partition coefficient (Wildman–Crippen LogP) is 3.20. The number of rotatable bonds is 2. The van der Waals surface area contributed by atoms with Crippen molar-refractivity contribution < 1.29 is 13.2 Å². The topological polar surface area (TPSA) is 28.7 Å². The summed E-state index contributed by atoms with van der Waals surface area (Å²) in [5, 5.41) is 0. The molecule has 0 atom stereocenters. The highest BCUT2D eigenvalue weighted by Gasteiger charge is 2.27. The lowest BCUT2D eigenvalue weighted by atomic mass is 9.93. The van der Waals surface area contributed by atoms with E-state index in [9.17, 15) is 13.2 Å². The molecule has 86 valence electrons. The van der Waals surface area contributed by atoms with Crippen molar-refractivity contribution in [3.8, 4) is 0 Å². The van der Waals surface area contributed by atoms with Gasteiger partial charge in [-0.05, 0) is 0 Å². The summed E-state index contributed by atoms with van der Waals surface area (Å²) in [5.74, 6) is 0.400. The van der Waals surface area contributed by atoms with Crippen molar-refractivity contribution in [1.29, 1.82) is 0 Å². The molecule has 0 spiro atoms. The van der Waals surface area contributed by atoms with Gasteiger partial charge in [-0.15, -0.1) is 0 Å². The molecule has 2 nitrogen and oxygen atoms in total. The van der Waals surface area contributed by atoms with E-state index < -0.39 is 12.6 Å². The summed E-state index contributed by atoms with van der Waals surface area (Å²) in [5.41, 5.74) is 0.753. The van der Waals surface area contributed by atoms with Gasteiger partial charge in [-0.3, -0.25) is 0 Å². The largest absolute Gasteiger partial charge is 0.389 e. The third-order valence-corrected chi connectivity index (χ3v) is 2.08. The molecule has 0 amide bonds. The predicted molar refractivity (Wildman–Crippen MR) is 51.7 cm³/mol. The summed E-state index contributed by atoms with van der Waals surface area (Å²) < 4.78 is 35.8. The molecule has 0 aromatic carbocycles. The number of nitrogens with one attached hydrogen (secondary N) is 1. The first-order chi connectivity index (χ1) is 6.68. The molecule has 0 fully saturated rings. The second-order valence-electron chi connectivity index (χ2n) is 4.61. The van der Waals surface area contributed by atoms with Gasteiger partial charge in [0, 0.05) is 23.7 Å². The number of halogens is 3. The summed E-state index contributed by atoms with van der Waals surface area (Å²) >= 11 is 0. The van der Waals surface area contributed by atoms with Crippen molar-refractivity contribution in [2.24, 2.45) is 0 Å². The molecular formula is C10H15F3N2. The second kappa shape index (κ2) is 3.87. The maximum absolute atomic E-state index is 11.9. The van der Waals surface area contributed by atoms with E-state index in [4.69, 9.17) is 0 Å². The van der Waals surface area contributed by atoms with Gasteiger partial charge in [0.25, 0.3) is 0 Å². The Morgan fingerprint density at radius 1 is 1.27 bits per heavy atom. The Labute approximate surface area is 86.9 Å². The minimum atomic E-state index is -4.12. The van der Waals surface area contributed by atoms with Crippen LogP contribution in [0.1, 0.15) is 38.7 Å². The molecule has 0 radical (unpaired) electrons. The minimum Gasteiger partial charge on any atom is -0.345 e. The van der Waals surface area contributed by atoms with E-state index in [2.05, 4.69) is 9.97 Å². The van der Waals surface area contributed by atoms with Gasteiger partial charge in [-0.1, -0.05) is 20.8 Å². The number of aromatic amines is 1. The Bertz CT molecular complexity index is 320. The zero-order chi connectivity index (χ0) is 11.7. The first kappa shape index (κ1) is 12.1. The Balaban J connectivity index is 2.62. The molecule has 0 saturated carbocycles. The Morgan fingerprint density at radius 2 is 1.87 bits per heavy atom. The number of imidazole rings is 1. The number of hydrogen-bond acceptors (Lipinski definition) is 1. The number of H-pyrrole nitrogens is 1. The molecule has 1 aromatic rings. The molecule has 0 aliphatic carbocycles. The van der Waals surface area contributed by atoms with Crippen LogP contribution >= 0.6 is 0 Å². The highest BCUT2D eigenvalue weighted by molar-refractivity contribution is 5.11. The van der Waals surface area contributed by atoms with E-state index >= 15 is 0 Å². The Morgan fingerprint density at radius 3 is 2.27 bits per heavy atom. The quantitative estimate of drug-likeness (QED) is 0.814. The van der Waals surface area contributed by atoms with Gasteiger partial charge in [0.15, 0.2) is 0 Å². The number of aryl methyl sites for hydroxylation is 1. The van der Waals surface area contributed by atoms with Crippen LogP contribution in [0.4, 0.5) is 13.2 Å². The summed E-state index contributed by atoms with van der Waals surface area (Å²) in [6.45, 7) is 5.94. The maximum Gasteiger partial charge on any atom is 0.389 e. The molecule has 1 rings (SSSR count). The summed E-state index contributed by atoms with van der Waals surface area (Å²) in [6.07, 6.45) is -3.43. The molecule has 0 saturated heterocycles. The lowest BCUT2D eigenvalue weighted by Gasteiger charge is -2.15. The molecule has 1 N–H and O–H groups in total. The van der Waals surface area contributed by atoms with Crippen LogP contribution in [0.2, 0.25) is 0 Å². The van der Waals surface area contributed by atoms with Crippen molar-refractivity contribution in [3.63, 3.8) is 0 Å². The number of alkyl halides is 3. The Hall–Kier alpha value is -1.00. The molecule has 0 bridgehead atoms. The second-order valence-corrected chi connectivity index (χ2v) is 4.61. The smallest absolute Gasteiger partial charge is 0.345 e. The van der Waals surface area contributed by atoms with Crippen LogP contribution in [0.15, 0.2) is 6.20 Å². The third-order valence-electron chi connectivity index (χ3n) is 2.08. The van der Waals surface area contributed by atoms with Gasteiger partial charge in [-0.25, -0.2) is 4.98 Å². The summed E-state index contributed by atoms with van der Waals surface area (Å²) in [4.78, 5) is 6.84. The van der Waals surface area contributed by atoms with Crippen molar-refractivity contribution in [1.82, 2.24) is 9.97 Å². The van der Waals surface area contributed by atoms with Crippen molar-refractivity contribution in [2.75, 3.05) is 0 Å². The van der Waals surface area contributed by atoms with Crippen LogP contribution in [0, 0.1) is 0 Å². The molecule has 0 aliphatic heterocycles. The zero-order valence-corrected chi connectivity index (χ0v) is 9.07. The number of hydrogen-bond donors (Lipinski definition) is 1. The Kier molecular flexibility index (Phi) is 3.11. The van der Waals surface area contributed by atoms with Crippen LogP contribution in [-0.4, -0.2) is 16.1 Å². The van der Waals surface area contributed by atoms with E-state index in [0.717, 1.165) is 5.69 Å². The van der Waals surface area contributed by atoms with Crippen molar-refractivity contribution in [3.05, 3.63) is 17.7 Å². The third kappa shape index (κ3) is 3.93. The molecule has 1 aromatic heterocycles. The molecule has 0 aliphatic rings. The van der Waals surface area contributed by atoms with Gasteiger partial charge >= 0.3 is 6.18 Å². The lowest BCUT2D eigenvalue weighted by molar-refractivity contribution is -0.134. The normalized spacial score (nSPS) is 13.2. The minimum absolute atomic E-state index is 0.0837. The average molecular weight is 220 g/mol. The molecule has 15 heavy (non-hydrogen) atoms. The van der Waals surface area contributed by atoms with E-state index in [0.29, 0.717) is 5.82 Å². The number of aromatic nitrogens is 2. The monoisotopic (exact) mass is 220 g/mol. The van der Waals surface area contributed by atoms with Gasteiger partial charge in [0.05, 0.1) is 6.42 Å². The average Bonchev–Trinajstić information content (AvgIpc) is 2.45. The van der Waals surface area contributed by atoms with Gasteiger partial charge < -0.3 is 4.98 Å². The first-order valence-corrected chi connectivity index (χ1v) is 4.79. The molecule has 0 unspecified atom stereocenters. The zero-order valence-electron chi connectivity index (χ0n) is 9.07. The first-order valence-electron chi connectivity index (χ1n) is 4.79.